The van der Waals surface area contributed by atoms with E-state index in [4.69, 9.17) is 0 Å². The summed E-state index contributed by atoms with van der Waals surface area (Å²) in [6, 6.07) is 6.12. The van der Waals surface area contributed by atoms with Gasteiger partial charge in [-0.25, -0.2) is 8.42 Å². The minimum absolute atomic E-state index is 0.221. The second kappa shape index (κ2) is 5.26. The van der Waals surface area contributed by atoms with E-state index in [0.29, 0.717) is 17.6 Å². The molecule has 1 heterocycles. The van der Waals surface area contributed by atoms with E-state index in [1.54, 1.807) is 24.3 Å². The van der Waals surface area contributed by atoms with Crippen LogP contribution < -0.4 is 5.32 Å². The number of aliphatic hydroxyl groups excluding tert-OH is 1. The molecule has 100 valence electrons. The summed E-state index contributed by atoms with van der Waals surface area (Å²) in [7, 11) is -2.08. The van der Waals surface area contributed by atoms with E-state index in [1.807, 2.05) is 0 Å². The lowest BCUT2D eigenvalue weighted by molar-refractivity contribution is 0.136. The number of benzene rings is 1. The molecule has 1 aliphatic rings. The first-order valence-corrected chi connectivity index (χ1v) is 7.78. The summed E-state index contributed by atoms with van der Waals surface area (Å²) >= 11 is 3.25. The third-order valence-corrected chi connectivity index (χ3v) is 5.46. The van der Waals surface area contributed by atoms with Crippen LogP contribution >= 0.6 is 15.9 Å². The molecule has 2 N–H and O–H groups in total. The second-order valence-electron chi connectivity index (χ2n) is 4.27. The van der Waals surface area contributed by atoms with Crippen LogP contribution in [0.5, 0.6) is 0 Å². The zero-order valence-corrected chi connectivity index (χ0v) is 12.3. The largest absolute Gasteiger partial charge is 0.390 e. The number of nitrogens with one attached hydrogen (secondary N) is 1. The number of hydrogen-bond donors (Lipinski definition) is 2. The van der Waals surface area contributed by atoms with Crippen molar-refractivity contribution in [3.8, 4) is 0 Å². The number of likely N-dealkylation sites (N-methyl/N-ethyl adjacent to an activating group) is 1. The van der Waals surface area contributed by atoms with Crippen LogP contribution in [0.25, 0.3) is 0 Å². The molecule has 1 fully saturated rings. The lowest BCUT2D eigenvalue weighted by Crippen LogP contribution is -2.44. The maximum atomic E-state index is 12.4. The highest BCUT2D eigenvalue weighted by molar-refractivity contribution is 9.10. The van der Waals surface area contributed by atoms with Gasteiger partial charge in [-0.1, -0.05) is 22.0 Å². The van der Waals surface area contributed by atoms with Gasteiger partial charge in [-0.05, 0) is 18.2 Å². The number of halogens is 1. The van der Waals surface area contributed by atoms with Crippen molar-refractivity contribution in [2.75, 3.05) is 20.1 Å². The molecule has 0 aromatic heterocycles. The molecule has 1 aromatic rings. The smallest absolute Gasteiger partial charge is 0.243 e. The molecule has 0 unspecified atom stereocenters. The van der Waals surface area contributed by atoms with Crippen LogP contribution in [0, 0.1) is 0 Å². The predicted octanol–water partition coefficient (Wildman–Crippen LogP) is 0.402. The lowest BCUT2D eigenvalue weighted by Gasteiger charge is -2.25. The van der Waals surface area contributed by atoms with E-state index in [9.17, 15) is 13.5 Å². The molecule has 1 aromatic carbocycles. The number of rotatable bonds is 3. The first kappa shape index (κ1) is 14.0. The average molecular weight is 335 g/mol. The van der Waals surface area contributed by atoms with E-state index >= 15 is 0 Å². The highest BCUT2D eigenvalue weighted by atomic mass is 79.9. The fourth-order valence-corrected chi connectivity index (χ4v) is 3.98. The van der Waals surface area contributed by atoms with Crippen molar-refractivity contribution in [1.82, 2.24) is 9.62 Å². The van der Waals surface area contributed by atoms with Crippen molar-refractivity contribution in [3.63, 3.8) is 0 Å². The van der Waals surface area contributed by atoms with Gasteiger partial charge in [-0.2, -0.15) is 4.31 Å². The lowest BCUT2D eigenvalue weighted by atomic mass is 10.2. The molecule has 0 saturated carbocycles. The first-order chi connectivity index (χ1) is 8.43. The quantitative estimate of drug-likeness (QED) is 0.839. The average Bonchev–Trinajstić information content (AvgIpc) is 2.74. The Balaban J connectivity index is 2.31. The van der Waals surface area contributed by atoms with Crippen LogP contribution in [-0.4, -0.2) is 50.1 Å². The van der Waals surface area contributed by atoms with E-state index in [-0.39, 0.29) is 4.90 Å². The van der Waals surface area contributed by atoms with Crippen LogP contribution in [-0.2, 0) is 10.0 Å². The Hall–Kier alpha value is -0.470. The van der Waals surface area contributed by atoms with Gasteiger partial charge in [0, 0.05) is 24.6 Å². The fraction of sp³-hybridized carbons (Fsp3) is 0.455. The zero-order valence-electron chi connectivity index (χ0n) is 9.88. The summed E-state index contributed by atoms with van der Waals surface area (Å²) in [5.74, 6) is 0. The number of aliphatic hydroxyl groups is 1. The van der Waals surface area contributed by atoms with Gasteiger partial charge in [0.1, 0.15) is 0 Å². The summed E-state index contributed by atoms with van der Waals surface area (Å²) in [5.41, 5.74) is 0. The number of β-amino-alcohol motifs (C(OH)–C–C–N with tert-alkyl or cyclic N) is 1. The normalized spacial score (nSPS) is 24.7. The van der Waals surface area contributed by atoms with Gasteiger partial charge in [0.2, 0.25) is 10.0 Å². The van der Waals surface area contributed by atoms with Crippen molar-refractivity contribution in [2.45, 2.75) is 17.0 Å². The summed E-state index contributed by atoms with van der Waals surface area (Å²) in [5, 5.41) is 12.7. The van der Waals surface area contributed by atoms with Crippen molar-refractivity contribution in [3.05, 3.63) is 28.7 Å². The zero-order chi connectivity index (χ0) is 13.3. The third kappa shape index (κ3) is 2.60. The summed E-state index contributed by atoms with van der Waals surface area (Å²) in [6.07, 6.45) is -0.670. The van der Waals surface area contributed by atoms with Crippen LogP contribution in [0.2, 0.25) is 0 Å². The fourth-order valence-electron chi connectivity index (χ4n) is 1.99. The summed E-state index contributed by atoms with van der Waals surface area (Å²) < 4.78 is 26.7. The van der Waals surface area contributed by atoms with Crippen LogP contribution in [0.3, 0.4) is 0 Å². The molecule has 1 aliphatic heterocycles. The molecule has 0 bridgehead atoms. The molecule has 18 heavy (non-hydrogen) atoms. The molecule has 0 radical (unpaired) electrons. The molecule has 0 aliphatic carbocycles. The Kier molecular flexibility index (Phi) is 4.08. The van der Waals surface area contributed by atoms with Crippen LogP contribution in [0.15, 0.2) is 33.6 Å². The van der Waals surface area contributed by atoms with Crippen molar-refractivity contribution in [1.29, 1.82) is 0 Å². The SMILES string of the molecule is CN([C@@H]1CNC[C@H]1O)S(=O)(=O)c1cccc(Br)c1. The number of sulfonamides is 1. The maximum Gasteiger partial charge on any atom is 0.243 e. The molecular weight excluding hydrogens is 320 g/mol. The van der Waals surface area contributed by atoms with Crippen LogP contribution in [0.1, 0.15) is 0 Å². The Morgan fingerprint density at radius 3 is 2.72 bits per heavy atom. The Labute approximate surface area is 115 Å². The van der Waals surface area contributed by atoms with Gasteiger partial charge in [0.05, 0.1) is 17.0 Å². The van der Waals surface area contributed by atoms with Gasteiger partial charge in [-0.3, -0.25) is 0 Å². The third-order valence-electron chi connectivity index (χ3n) is 3.09. The van der Waals surface area contributed by atoms with Gasteiger partial charge >= 0.3 is 0 Å². The molecule has 2 atom stereocenters. The molecule has 0 spiro atoms. The monoisotopic (exact) mass is 334 g/mol. The van der Waals surface area contributed by atoms with Crippen molar-refractivity contribution < 1.29 is 13.5 Å². The number of nitrogens with zero attached hydrogens (tertiary/aromatic N) is 1. The van der Waals surface area contributed by atoms with Crippen molar-refractivity contribution in [2.24, 2.45) is 0 Å². The minimum Gasteiger partial charge on any atom is -0.390 e. The summed E-state index contributed by atoms with van der Waals surface area (Å²) in [6.45, 7) is 0.883. The highest BCUT2D eigenvalue weighted by Crippen LogP contribution is 2.22. The Bertz CT molecular complexity index is 535. The molecule has 5 nitrogen and oxygen atoms in total. The van der Waals surface area contributed by atoms with Gasteiger partial charge in [0.25, 0.3) is 0 Å². The van der Waals surface area contributed by atoms with Gasteiger partial charge in [-0.15, -0.1) is 0 Å². The molecule has 7 heteroatoms. The van der Waals surface area contributed by atoms with Gasteiger partial charge < -0.3 is 10.4 Å². The molecule has 0 amide bonds. The maximum absolute atomic E-state index is 12.4. The first-order valence-electron chi connectivity index (χ1n) is 5.55. The van der Waals surface area contributed by atoms with E-state index < -0.39 is 22.2 Å². The topological polar surface area (TPSA) is 69.6 Å². The highest BCUT2D eigenvalue weighted by Gasteiger charge is 2.35. The molecule has 2 rings (SSSR count). The second-order valence-corrected chi connectivity index (χ2v) is 7.18. The standard InChI is InChI=1S/C11H15BrN2O3S/c1-14(10-6-13-7-11(10)15)18(16,17)9-4-2-3-8(12)5-9/h2-5,10-11,13,15H,6-7H2,1H3/t10-,11-/m1/s1. The van der Waals surface area contributed by atoms with E-state index in [2.05, 4.69) is 21.2 Å². The Morgan fingerprint density at radius 1 is 1.44 bits per heavy atom. The summed E-state index contributed by atoms with van der Waals surface area (Å²) in [4.78, 5) is 0.221. The van der Waals surface area contributed by atoms with Crippen LogP contribution in [0.4, 0.5) is 0 Å². The minimum atomic E-state index is -3.57. The van der Waals surface area contributed by atoms with Crippen molar-refractivity contribution >= 4 is 26.0 Å². The van der Waals surface area contributed by atoms with E-state index in [1.165, 1.54) is 11.4 Å². The Morgan fingerprint density at radius 2 is 2.17 bits per heavy atom. The molecule has 1 saturated heterocycles. The number of hydrogen-bond acceptors (Lipinski definition) is 4. The van der Waals surface area contributed by atoms with Gasteiger partial charge in [0.15, 0.2) is 0 Å². The van der Waals surface area contributed by atoms with E-state index in [0.717, 1.165) is 0 Å². The molecular formula is C11H15BrN2O3S. The predicted molar refractivity (Wildman–Crippen MR) is 71.8 cm³/mol.